The largest absolute Gasteiger partial charge is 0.479 e. The number of amides is 2. The van der Waals surface area contributed by atoms with Crippen molar-refractivity contribution in [2.24, 2.45) is 5.16 Å². The molecule has 1 aliphatic heterocycles. The average molecular weight is 416 g/mol. The molecular weight excluding hydrogens is 400 g/mol. The number of oxime groups is 1. The third-order valence-corrected chi connectivity index (χ3v) is 3.83. The van der Waals surface area contributed by atoms with Gasteiger partial charge in [-0.15, -0.1) is 0 Å². The predicted octanol–water partition coefficient (Wildman–Crippen LogP) is -1.95. The molecule has 0 aromatic carbocycles. The lowest BCUT2D eigenvalue weighted by atomic mass is 10.1. The second-order valence-electron chi connectivity index (χ2n) is 5.90. The van der Waals surface area contributed by atoms with Gasteiger partial charge in [-0.05, 0) is 13.8 Å². The van der Waals surface area contributed by atoms with E-state index in [4.69, 9.17) is 25.6 Å². The second-order valence-corrected chi connectivity index (χ2v) is 6.68. The van der Waals surface area contributed by atoms with Crippen molar-refractivity contribution in [2.75, 3.05) is 18.9 Å². The maximum Gasteiger partial charge on any atom is 0.350 e. The lowest BCUT2D eigenvalue weighted by Crippen LogP contribution is -2.64. The first-order valence-electron chi connectivity index (χ1n) is 7.57. The quantitative estimate of drug-likeness (QED) is 0.197. The molecule has 0 radical (unpaired) electrons. The number of hydroxylamine groups is 2. The highest BCUT2D eigenvalue weighted by Gasteiger charge is 2.41. The topological polar surface area (TPSA) is 207 Å². The van der Waals surface area contributed by atoms with Gasteiger partial charge in [0, 0.05) is 11.5 Å². The number of β-lactam (4-membered cyclic amide) rings is 1. The summed E-state index contributed by atoms with van der Waals surface area (Å²) in [4.78, 5) is 59.3. The third-order valence-electron chi connectivity index (χ3n) is 3.29. The Balaban J connectivity index is 2.09. The Bertz CT molecular complexity index is 837. The fourth-order valence-corrected chi connectivity index (χ4v) is 2.13. The zero-order chi connectivity index (χ0) is 21.1. The van der Waals surface area contributed by atoms with Crippen LogP contribution in [0.2, 0.25) is 0 Å². The van der Waals surface area contributed by atoms with Crippen LogP contribution in [0.15, 0.2) is 5.16 Å². The summed E-state index contributed by atoms with van der Waals surface area (Å²) >= 11 is 0.772. The molecule has 1 fully saturated rings. The van der Waals surface area contributed by atoms with E-state index < -0.39 is 47.7 Å². The fourth-order valence-electron chi connectivity index (χ4n) is 1.69. The summed E-state index contributed by atoms with van der Waals surface area (Å²) in [6.07, 6.45) is 0. The second kappa shape index (κ2) is 8.13. The first kappa shape index (κ1) is 21.0. The van der Waals surface area contributed by atoms with Crippen molar-refractivity contribution in [3.05, 3.63) is 5.82 Å². The first-order valence-corrected chi connectivity index (χ1v) is 8.34. The molecule has 0 bridgehead atoms. The summed E-state index contributed by atoms with van der Waals surface area (Å²) in [7, 11) is 0. The van der Waals surface area contributed by atoms with Crippen molar-refractivity contribution in [1.29, 1.82) is 0 Å². The monoisotopic (exact) mass is 416 g/mol. The summed E-state index contributed by atoms with van der Waals surface area (Å²) in [6, 6.07) is -1.00. The van der Waals surface area contributed by atoms with Gasteiger partial charge in [0.05, 0.1) is 6.54 Å². The van der Waals surface area contributed by atoms with Crippen LogP contribution in [-0.4, -0.2) is 78.9 Å². The number of hydrogen-bond donors (Lipinski definition) is 4. The van der Waals surface area contributed by atoms with E-state index in [9.17, 15) is 19.2 Å². The van der Waals surface area contributed by atoms with E-state index in [-0.39, 0.29) is 17.5 Å². The number of nitrogens with zero attached hydrogens (tertiary/aromatic N) is 4. The van der Waals surface area contributed by atoms with Crippen molar-refractivity contribution in [3.8, 4) is 0 Å². The molecule has 1 aromatic rings. The van der Waals surface area contributed by atoms with E-state index in [1.807, 2.05) is 0 Å². The minimum absolute atomic E-state index is 0.0287. The average Bonchev–Trinajstić information content (AvgIpc) is 3.02. The molecule has 14 nitrogen and oxygen atoms in total. The lowest BCUT2D eigenvalue weighted by Gasteiger charge is -2.36. The maximum absolute atomic E-state index is 12.5. The number of carbonyl (C=O) groups is 4. The summed E-state index contributed by atoms with van der Waals surface area (Å²) in [5.74, 6) is -4.41. The molecule has 0 unspecified atom stereocenters. The van der Waals surface area contributed by atoms with Crippen LogP contribution < -0.4 is 11.1 Å². The smallest absolute Gasteiger partial charge is 0.350 e. The molecule has 2 heterocycles. The van der Waals surface area contributed by atoms with Crippen LogP contribution in [-0.2, 0) is 28.9 Å². The molecule has 0 aliphatic carbocycles. The molecule has 2 amide bonds. The molecule has 1 saturated heterocycles. The zero-order valence-electron chi connectivity index (χ0n) is 14.6. The summed E-state index contributed by atoms with van der Waals surface area (Å²) in [5, 5.41) is 24.2. The minimum atomic E-state index is -1.75. The third kappa shape index (κ3) is 4.89. The van der Waals surface area contributed by atoms with Gasteiger partial charge >= 0.3 is 11.9 Å². The number of nitrogen functional groups attached to an aromatic ring is 1. The van der Waals surface area contributed by atoms with E-state index in [1.165, 1.54) is 13.8 Å². The van der Waals surface area contributed by atoms with Gasteiger partial charge in [0.1, 0.15) is 6.04 Å². The number of aromatic nitrogens is 2. The van der Waals surface area contributed by atoms with Crippen LogP contribution >= 0.6 is 11.5 Å². The molecule has 0 saturated carbocycles. The van der Waals surface area contributed by atoms with Gasteiger partial charge in [0.15, 0.2) is 11.7 Å². The Kier molecular flexibility index (Phi) is 6.09. The van der Waals surface area contributed by atoms with Crippen LogP contribution in [0.1, 0.15) is 19.7 Å². The van der Waals surface area contributed by atoms with Crippen LogP contribution in [0.5, 0.6) is 0 Å². The molecule has 1 aromatic heterocycles. The zero-order valence-corrected chi connectivity index (χ0v) is 15.4. The number of nitrogens with one attached hydrogen (secondary N) is 1. The molecule has 15 heteroatoms. The van der Waals surface area contributed by atoms with Gasteiger partial charge in [-0.2, -0.15) is 9.36 Å². The van der Waals surface area contributed by atoms with Gasteiger partial charge in [0.2, 0.25) is 17.1 Å². The van der Waals surface area contributed by atoms with Crippen molar-refractivity contribution in [3.63, 3.8) is 0 Å². The molecule has 152 valence electrons. The Morgan fingerprint density at radius 3 is 2.61 bits per heavy atom. The van der Waals surface area contributed by atoms with Gasteiger partial charge < -0.3 is 26.1 Å². The molecular formula is C13H16N6O8S. The van der Waals surface area contributed by atoms with E-state index >= 15 is 0 Å². The van der Waals surface area contributed by atoms with Gasteiger partial charge in [0.25, 0.3) is 11.8 Å². The van der Waals surface area contributed by atoms with Crippen molar-refractivity contribution < 1.29 is 39.1 Å². The number of rotatable bonds is 9. The predicted molar refractivity (Wildman–Crippen MR) is 90.9 cm³/mol. The Morgan fingerprint density at radius 2 is 2.11 bits per heavy atom. The van der Waals surface area contributed by atoms with Gasteiger partial charge in [-0.3, -0.25) is 14.4 Å². The number of anilines is 1. The standard InChI is InChI=1S/C13H16N6O8S/c1-13(2,11(24)25)27-17-7(8-16-12(14)28-18-8)9(22)15-5-3-19(10(5)23)26-4-6(20)21/h5H,3-4H2,1-2H3,(H,15,22)(H,20,21)(H,24,25)(H2,14,16,18)/b17-7-/t5-/m0/s1. The Labute approximate surface area is 161 Å². The Hall–Kier alpha value is -3.33. The summed E-state index contributed by atoms with van der Waals surface area (Å²) in [6.45, 7) is 1.62. The van der Waals surface area contributed by atoms with Crippen molar-refractivity contribution in [2.45, 2.75) is 25.5 Å². The van der Waals surface area contributed by atoms with E-state index in [0.29, 0.717) is 0 Å². The highest BCUT2D eigenvalue weighted by atomic mass is 32.1. The van der Waals surface area contributed by atoms with Gasteiger partial charge in [-0.1, -0.05) is 5.16 Å². The van der Waals surface area contributed by atoms with Crippen LogP contribution in [0.3, 0.4) is 0 Å². The molecule has 0 spiro atoms. The number of hydrogen-bond acceptors (Lipinski definition) is 11. The number of carbonyl (C=O) groups excluding carboxylic acids is 2. The molecule has 2 rings (SSSR count). The number of carboxylic acid groups (broad SMARTS) is 2. The first-order chi connectivity index (χ1) is 13.0. The normalized spacial score (nSPS) is 17.1. The van der Waals surface area contributed by atoms with Gasteiger partial charge in [-0.25, -0.2) is 14.7 Å². The summed E-state index contributed by atoms with van der Waals surface area (Å²) in [5.41, 5.74) is 3.25. The molecule has 1 aliphatic rings. The Morgan fingerprint density at radius 1 is 1.43 bits per heavy atom. The van der Waals surface area contributed by atoms with Crippen LogP contribution in [0, 0.1) is 0 Å². The van der Waals surface area contributed by atoms with Crippen molar-refractivity contribution in [1.82, 2.24) is 19.7 Å². The SMILES string of the molecule is CC(C)(O/N=C(\C(=O)N[C@H]1CN(OCC(=O)O)C1=O)c1nsc(N)n1)C(=O)O. The number of aliphatic carboxylic acids is 2. The lowest BCUT2D eigenvalue weighted by molar-refractivity contribution is -0.216. The molecule has 28 heavy (non-hydrogen) atoms. The minimum Gasteiger partial charge on any atom is -0.479 e. The highest BCUT2D eigenvalue weighted by molar-refractivity contribution is 7.09. The van der Waals surface area contributed by atoms with E-state index in [0.717, 1.165) is 16.6 Å². The summed E-state index contributed by atoms with van der Waals surface area (Å²) < 4.78 is 3.82. The highest BCUT2D eigenvalue weighted by Crippen LogP contribution is 2.14. The van der Waals surface area contributed by atoms with E-state index in [1.54, 1.807) is 0 Å². The molecule has 1 atom stereocenters. The van der Waals surface area contributed by atoms with Crippen LogP contribution in [0.4, 0.5) is 5.13 Å². The van der Waals surface area contributed by atoms with Crippen LogP contribution in [0.25, 0.3) is 0 Å². The number of carboxylic acids is 2. The number of nitrogens with two attached hydrogens (primary N) is 1. The van der Waals surface area contributed by atoms with Crippen molar-refractivity contribution >= 4 is 46.1 Å². The molecule has 5 N–H and O–H groups in total. The van der Waals surface area contributed by atoms with E-state index in [2.05, 4.69) is 19.8 Å². The fraction of sp³-hybridized carbons (Fsp3) is 0.462. The maximum atomic E-state index is 12.5.